The van der Waals surface area contributed by atoms with Gasteiger partial charge in [-0.25, -0.2) is 9.67 Å². The van der Waals surface area contributed by atoms with Gasteiger partial charge in [-0.2, -0.15) is 10.0 Å². The van der Waals surface area contributed by atoms with E-state index in [1.54, 1.807) is 11.0 Å². The summed E-state index contributed by atoms with van der Waals surface area (Å²) in [4.78, 5) is 14.6. The molecular weight excluding hydrogens is 180 g/mol. The fourth-order valence-electron chi connectivity index (χ4n) is 1.71. The second-order valence-electron chi connectivity index (χ2n) is 4.29. The Labute approximate surface area is 83.5 Å². The van der Waals surface area contributed by atoms with Crippen LogP contribution in [0.2, 0.25) is 0 Å². The number of nitrogens with zero attached hydrogens (tertiary/aromatic N) is 4. The lowest BCUT2D eigenvalue weighted by atomic mass is 9.87. The second-order valence-corrected chi connectivity index (χ2v) is 4.29. The molecule has 0 radical (unpaired) electrons. The Balaban J connectivity index is 2.99. The first-order valence-electron chi connectivity index (χ1n) is 4.67. The lowest BCUT2D eigenvalue weighted by Gasteiger charge is -2.31. The van der Waals surface area contributed by atoms with Crippen molar-refractivity contribution in [2.45, 2.75) is 39.3 Å². The molecule has 1 aromatic rings. The average molecular weight is 196 g/mol. The van der Waals surface area contributed by atoms with E-state index in [4.69, 9.17) is 0 Å². The van der Waals surface area contributed by atoms with E-state index in [-0.39, 0.29) is 12.0 Å². The molecule has 1 unspecified atom stereocenters. The van der Waals surface area contributed by atoms with Crippen LogP contribution in [0, 0.1) is 10.8 Å². The van der Waals surface area contributed by atoms with Crippen LogP contribution in [0.15, 0.2) is 17.8 Å². The smallest absolute Gasteiger partial charge is 0.137 e. The van der Waals surface area contributed by atoms with E-state index in [1.807, 2.05) is 27.7 Å². The molecule has 1 atom stereocenters. The summed E-state index contributed by atoms with van der Waals surface area (Å²) >= 11 is 0. The molecule has 5 heteroatoms. The average Bonchev–Trinajstić information content (AvgIpc) is 2.55. The van der Waals surface area contributed by atoms with Gasteiger partial charge in [0.05, 0.1) is 5.54 Å². The molecule has 1 heterocycles. The van der Waals surface area contributed by atoms with Crippen LogP contribution in [0.5, 0.6) is 0 Å². The molecule has 0 fully saturated rings. The summed E-state index contributed by atoms with van der Waals surface area (Å²) in [6.07, 6.45) is 3.07. The monoisotopic (exact) mass is 196 g/mol. The minimum Gasteiger partial charge on any atom is -0.245 e. The number of aromatic nitrogens is 3. The maximum absolute atomic E-state index is 10.8. The van der Waals surface area contributed by atoms with Crippen molar-refractivity contribution in [1.82, 2.24) is 14.8 Å². The fourth-order valence-corrected chi connectivity index (χ4v) is 1.71. The third-order valence-corrected chi connectivity index (χ3v) is 2.48. The van der Waals surface area contributed by atoms with Crippen molar-refractivity contribution >= 4 is 0 Å². The van der Waals surface area contributed by atoms with Crippen molar-refractivity contribution in [3.05, 3.63) is 17.6 Å². The third-order valence-electron chi connectivity index (χ3n) is 2.48. The highest BCUT2D eigenvalue weighted by Gasteiger charge is 2.35. The van der Waals surface area contributed by atoms with Gasteiger partial charge >= 0.3 is 0 Å². The molecule has 0 amide bonds. The maximum atomic E-state index is 10.8. The number of hydrogen-bond acceptors (Lipinski definition) is 4. The fraction of sp³-hybridized carbons (Fsp3) is 0.778. The van der Waals surface area contributed by atoms with E-state index in [0.29, 0.717) is 0 Å². The summed E-state index contributed by atoms with van der Waals surface area (Å²) in [6.45, 7) is 7.83. The quantitative estimate of drug-likeness (QED) is 0.690. The van der Waals surface area contributed by atoms with E-state index < -0.39 is 5.54 Å². The highest BCUT2D eigenvalue weighted by atomic mass is 16.3. The third kappa shape index (κ3) is 1.81. The SMILES string of the molecule is CC(C)C(N=O)C(C)(C)n1cncn1. The van der Waals surface area contributed by atoms with Crippen LogP contribution in [0.1, 0.15) is 27.7 Å². The Hall–Kier alpha value is -1.26. The Morgan fingerprint density at radius 1 is 1.43 bits per heavy atom. The zero-order chi connectivity index (χ0) is 10.8. The van der Waals surface area contributed by atoms with Gasteiger partial charge in [0.1, 0.15) is 18.7 Å². The Bertz CT molecular complexity index is 292. The molecule has 14 heavy (non-hydrogen) atoms. The second kappa shape index (κ2) is 3.86. The summed E-state index contributed by atoms with van der Waals surface area (Å²) < 4.78 is 1.68. The van der Waals surface area contributed by atoms with Crippen LogP contribution in [0.4, 0.5) is 0 Å². The van der Waals surface area contributed by atoms with Gasteiger partial charge in [-0.1, -0.05) is 19.0 Å². The van der Waals surface area contributed by atoms with Gasteiger partial charge in [0.15, 0.2) is 0 Å². The molecule has 0 spiro atoms. The molecule has 0 aliphatic rings. The molecule has 1 aromatic heterocycles. The van der Waals surface area contributed by atoms with Crippen LogP contribution in [0.25, 0.3) is 0 Å². The van der Waals surface area contributed by atoms with E-state index >= 15 is 0 Å². The van der Waals surface area contributed by atoms with Gasteiger partial charge in [0.2, 0.25) is 0 Å². The van der Waals surface area contributed by atoms with Crippen molar-refractivity contribution in [3.8, 4) is 0 Å². The van der Waals surface area contributed by atoms with E-state index in [2.05, 4.69) is 15.3 Å². The zero-order valence-corrected chi connectivity index (χ0v) is 9.01. The zero-order valence-electron chi connectivity index (χ0n) is 9.01. The van der Waals surface area contributed by atoms with Crippen molar-refractivity contribution in [2.24, 2.45) is 11.1 Å². The summed E-state index contributed by atoms with van der Waals surface area (Å²) in [5.74, 6) is 0.187. The Morgan fingerprint density at radius 2 is 2.07 bits per heavy atom. The van der Waals surface area contributed by atoms with Crippen LogP contribution in [-0.2, 0) is 5.54 Å². The summed E-state index contributed by atoms with van der Waals surface area (Å²) in [5.41, 5.74) is -0.424. The summed E-state index contributed by atoms with van der Waals surface area (Å²) in [7, 11) is 0. The van der Waals surface area contributed by atoms with Gasteiger partial charge < -0.3 is 0 Å². The normalized spacial score (nSPS) is 14.4. The molecule has 0 bridgehead atoms. The first-order valence-corrected chi connectivity index (χ1v) is 4.67. The van der Waals surface area contributed by atoms with Crippen molar-refractivity contribution < 1.29 is 0 Å². The van der Waals surface area contributed by atoms with Gasteiger partial charge in [-0.3, -0.25) is 0 Å². The molecule has 0 saturated heterocycles. The van der Waals surface area contributed by atoms with Crippen molar-refractivity contribution in [2.75, 3.05) is 0 Å². The summed E-state index contributed by atoms with van der Waals surface area (Å²) in [6, 6.07) is -0.302. The first kappa shape index (κ1) is 10.8. The molecule has 0 aromatic carbocycles. The maximum Gasteiger partial charge on any atom is 0.137 e. The molecule has 0 N–H and O–H groups in total. The van der Waals surface area contributed by atoms with E-state index in [9.17, 15) is 4.91 Å². The lowest BCUT2D eigenvalue weighted by Crippen LogP contribution is -2.41. The number of hydrogen-bond donors (Lipinski definition) is 0. The lowest BCUT2D eigenvalue weighted by molar-refractivity contribution is 0.213. The topological polar surface area (TPSA) is 60.1 Å². The molecule has 1 rings (SSSR count). The largest absolute Gasteiger partial charge is 0.245 e. The van der Waals surface area contributed by atoms with Gasteiger partial charge in [0, 0.05) is 0 Å². The molecule has 5 nitrogen and oxygen atoms in total. The number of nitroso groups, excluding NO2 is 1. The molecule has 78 valence electrons. The minimum atomic E-state index is -0.424. The van der Waals surface area contributed by atoms with E-state index in [1.165, 1.54) is 6.33 Å². The van der Waals surface area contributed by atoms with Crippen LogP contribution >= 0.6 is 0 Å². The van der Waals surface area contributed by atoms with Crippen molar-refractivity contribution in [3.63, 3.8) is 0 Å². The highest BCUT2D eigenvalue weighted by Crippen LogP contribution is 2.26. The van der Waals surface area contributed by atoms with Crippen LogP contribution in [0.3, 0.4) is 0 Å². The van der Waals surface area contributed by atoms with Gasteiger partial charge in [-0.05, 0) is 19.8 Å². The van der Waals surface area contributed by atoms with Gasteiger partial charge in [0.25, 0.3) is 0 Å². The number of rotatable bonds is 4. The van der Waals surface area contributed by atoms with E-state index in [0.717, 1.165) is 0 Å². The summed E-state index contributed by atoms with van der Waals surface area (Å²) in [5, 5.41) is 7.22. The minimum absolute atomic E-state index is 0.187. The predicted octanol–water partition coefficient (Wildman–Crippen LogP) is 1.80. The molecule has 0 aliphatic carbocycles. The molecular formula is C9H16N4O. The van der Waals surface area contributed by atoms with Gasteiger partial charge in [-0.15, -0.1) is 0 Å². The predicted molar refractivity (Wildman–Crippen MR) is 53.8 cm³/mol. The van der Waals surface area contributed by atoms with Crippen molar-refractivity contribution in [1.29, 1.82) is 0 Å². The Morgan fingerprint density at radius 3 is 2.43 bits per heavy atom. The Kier molecular flexibility index (Phi) is 2.98. The molecule has 0 saturated carbocycles. The highest BCUT2D eigenvalue weighted by molar-refractivity contribution is 4.90. The van der Waals surface area contributed by atoms with Crippen LogP contribution < -0.4 is 0 Å². The standard InChI is InChI=1S/C9H16N4O/c1-7(2)8(12-14)9(3,4)13-6-10-5-11-13/h5-8H,1-4H3. The van der Waals surface area contributed by atoms with Crippen LogP contribution in [-0.4, -0.2) is 20.8 Å². The molecule has 0 aliphatic heterocycles. The first-order chi connectivity index (χ1) is 6.50.